The van der Waals surface area contributed by atoms with Crippen molar-refractivity contribution >= 4 is 41.3 Å². The average molecular weight is 476 g/mol. The molecule has 0 aliphatic carbocycles. The Balaban J connectivity index is 0.000000207. The Morgan fingerprint density at radius 3 is 2.37 bits per heavy atom. The maximum atomic E-state index is 5.84. The molecular formula is C22H29Cl3N2O3. The van der Waals surface area contributed by atoms with Gasteiger partial charge in [-0.3, -0.25) is 0 Å². The number of benzene rings is 2. The molecule has 2 aliphatic heterocycles. The molecule has 166 valence electrons. The highest BCUT2D eigenvalue weighted by Gasteiger charge is 2.21. The van der Waals surface area contributed by atoms with Crippen LogP contribution in [0.2, 0.25) is 10.0 Å². The number of hydrogen-bond acceptors (Lipinski definition) is 5. The van der Waals surface area contributed by atoms with Crippen LogP contribution in [-0.4, -0.2) is 39.5 Å². The summed E-state index contributed by atoms with van der Waals surface area (Å²) in [5.74, 6) is 3.08. The number of nitrogens with two attached hydrogens (primary N) is 1. The molecule has 2 heterocycles. The number of piperidine rings is 1. The molecule has 1 atom stereocenters. The highest BCUT2D eigenvalue weighted by Crippen LogP contribution is 2.38. The molecule has 1 fully saturated rings. The summed E-state index contributed by atoms with van der Waals surface area (Å²) < 4.78 is 16.3. The van der Waals surface area contributed by atoms with Crippen molar-refractivity contribution in [2.45, 2.75) is 25.9 Å². The lowest BCUT2D eigenvalue weighted by Gasteiger charge is -2.32. The molecule has 0 spiro atoms. The zero-order chi connectivity index (χ0) is 20.8. The molecule has 2 aliphatic rings. The van der Waals surface area contributed by atoms with Gasteiger partial charge in [-0.05, 0) is 30.9 Å². The molecule has 30 heavy (non-hydrogen) atoms. The Kier molecular flexibility index (Phi) is 9.69. The fourth-order valence-corrected chi connectivity index (χ4v) is 3.68. The monoisotopic (exact) mass is 474 g/mol. The average Bonchev–Trinajstić information content (AvgIpc) is 2.75. The molecule has 2 aromatic carbocycles. The fraction of sp³-hybridized carbons (Fsp3) is 0.455. The van der Waals surface area contributed by atoms with Gasteiger partial charge in [0.15, 0.2) is 11.5 Å². The van der Waals surface area contributed by atoms with Crippen LogP contribution in [0.15, 0.2) is 36.4 Å². The lowest BCUT2D eigenvalue weighted by atomic mass is 9.99. The fourth-order valence-electron chi connectivity index (χ4n) is 3.37. The van der Waals surface area contributed by atoms with Gasteiger partial charge in [-0.15, -0.1) is 12.4 Å². The molecule has 0 radical (unpaired) electrons. The number of ether oxygens (including phenoxy) is 3. The van der Waals surface area contributed by atoms with Crippen LogP contribution in [0.4, 0.5) is 5.69 Å². The van der Waals surface area contributed by atoms with E-state index in [4.69, 9.17) is 43.1 Å². The van der Waals surface area contributed by atoms with E-state index in [-0.39, 0.29) is 18.5 Å². The Labute approximate surface area is 194 Å². The van der Waals surface area contributed by atoms with E-state index >= 15 is 0 Å². The van der Waals surface area contributed by atoms with Gasteiger partial charge in [0.25, 0.3) is 0 Å². The Morgan fingerprint density at radius 2 is 1.73 bits per heavy atom. The molecule has 1 saturated heterocycles. The molecule has 2 N–H and O–H groups in total. The van der Waals surface area contributed by atoms with Crippen LogP contribution in [0.25, 0.3) is 0 Å². The Morgan fingerprint density at radius 1 is 1.10 bits per heavy atom. The standard InChI is InChI=1S/C13H19NO.C9H9Cl2NO2.ClH/c1-11-7-9-14(10-8-11)12-5-3-4-6-13(12)15-2;10-6-1-8-9(2-7(6)11)14-5(3-12)4-13-8;/h3-6,11H,7-10H2,1-2H3;1-2,5H,3-4,12H2;1H. The van der Waals surface area contributed by atoms with Crippen molar-refractivity contribution in [2.24, 2.45) is 11.7 Å². The summed E-state index contributed by atoms with van der Waals surface area (Å²) in [6, 6.07) is 11.6. The van der Waals surface area contributed by atoms with Crippen LogP contribution in [0.3, 0.4) is 0 Å². The van der Waals surface area contributed by atoms with E-state index < -0.39 is 0 Å². The summed E-state index contributed by atoms with van der Waals surface area (Å²) in [7, 11) is 1.74. The van der Waals surface area contributed by atoms with Gasteiger partial charge in [0, 0.05) is 31.8 Å². The smallest absolute Gasteiger partial charge is 0.163 e. The van der Waals surface area contributed by atoms with E-state index in [0.29, 0.717) is 34.7 Å². The van der Waals surface area contributed by atoms with Crippen LogP contribution in [0.1, 0.15) is 19.8 Å². The molecule has 4 rings (SSSR count). The highest BCUT2D eigenvalue weighted by molar-refractivity contribution is 6.42. The van der Waals surface area contributed by atoms with E-state index in [9.17, 15) is 0 Å². The van der Waals surface area contributed by atoms with Crippen molar-refractivity contribution in [1.82, 2.24) is 0 Å². The Bertz CT molecular complexity index is 814. The van der Waals surface area contributed by atoms with Crippen molar-refractivity contribution < 1.29 is 14.2 Å². The first kappa shape index (κ1) is 24.7. The number of halogens is 3. The normalized spacial score (nSPS) is 18.0. The predicted molar refractivity (Wildman–Crippen MR) is 126 cm³/mol. The van der Waals surface area contributed by atoms with Gasteiger partial charge >= 0.3 is 0 Å². The summed E-state index contributed by atoms with van der Waals surface area (Å²) in [6.07, 6.45) is 2.47. The van der Waals surface area contributed by atoms with Gasteiger partial charge in [-0.25, -0.2) is 0 Å². The van der Waals surface area contributed by atoms with Crippen LogP contribution >= 0.6 is 35.6 Å². The number of rotatable bonds is 3. The number of fused-ring (bicyclic) bond motifs is 1. The second-order valence-electron chi connectivity index (χ2n) is 7.34. The topological polar surface area (TPSA) is 57.0 Å². The van der Waals surface area contributed by atoms with Crippen molar-refractivity contribution in [2.75, 3.05) is 38.3 Å². The maximum absolute atomic E-state index is 5.84. The number of methoxy groups -OCH3 is 1. The molecule has 2 aromatic rings. The lowest BCUT2D eigenvalue weighted by Crippen LogP contribution is -2.35. The molecule has 0 saturated carbocycles. The summed E-state index contributed by atoms with van der Waals surface area (Å²) in [6.45, 7) is 5.50. The van der Waals surface area contributed by atoms with E-state index in [1.165, 1.54) is 18.5 Å². The third-order valence-electron chi connectivity index (χ3n) is 5.18. The molecule has 0 amide bonds. The van der Waals surface area contributed by atoms with Crippen LogP contribution in [0.5, 0.6) is 17.2 Å². The van der Waals surface area contributed by atoms with Gasteiger partial charge in [-0.2, -0.15) is 0 Å². The summed E-state index contributed by atoms with van der Waals surface area (Å²) in [5, 5.41) is 0.909. The third kappa shape index (κ3) is 6.24. The van der Waals surface area contributed by atoms with Gasteiger partial charge in [0.05, 0.1) is 22.8 Å². The van der Waals surface area contributed by atoms with Crippen molar-refractivity contribution in [1.29, 1.82) is 0 Å². The van der Waals surface area contributed by atoms with Crippen molar-refractivity contribution in [3.63, 3.8) is 0 Å². The lowest BCUT2D eigenvalue weighted by molar-refractivity contribution is 0.0969. The minimum Gasteiger partial charge on any atom is -0.495 e. The number of anilines is 1. The molecule has 1 unspecified atom stereocenters. The van der Waals surface area contributed by atoms with Gasteiger partial charge < -0.3 is 24.8 Å². The second kappa shape index (κ2) is 11.8. The first-order valence-electron chi connectivity index (χ1n) is 9.88. The molecule has 8 heteroatoms. The SMILES string of the molecule is COc1ccccc1N1CCC(C)CC1.Cl.NCC1COc2cc(Cl)c(Cl)cc2O1. The maximum Gasteiger partial charge on any atom is 0.163 e. The van der Waals surface area contributed by atoms with E-state index in [0.717, 1.165) is 24.8 Å². The van der Waals surface area contributed by atoms with Crippen LogP contribution < -0.4 is 24.8 Å². The second-order valence-corrected chi connectivity index (χ2v) is 8.16. The zero-order valence-electron chi connectivity index (χ0n) is 17.3. The molecular weight excluding hydrogens is 447 g/mol. The number of para-hydroxylation sites is 2. The van der Waals surface area contributed by atoms with E-state index in [1.807, 2.05) is 12.1 Å². The Hall–Kier alpha value is -1.53. The quantitative estimate of drug-likeness (QED) is 0.640. The van der Waals surface area contributed by atoms with Gasteiger partial charge in [-0.1, -0.05) is 42.3 Å². The van der Waals surface area contributed by atoms with Crippen molar-refractivity contribution in [3.05, 3.63) is 46.4 Å². The zero-order valence-corrected chi connectivity index (χ0v) is 19.6. The van der Waals surface area contributed by atoms with Crippen LogP contribution in [0, 0.1) is 5.92 Å². The minimum absolute atomic E-state index is 0. The summed E-state index contributed by atoms with van der Waals surface area (Å²) in [5.41, 5.74) is 6.71. The van der Waals surface area contributed by atoms with E-state index in [2.05, 4.69) is 24.0 Å². The first-order chi connectivity index (χ1) is 14.0. The molecule has 5 nitrogen and oxygen atoms in total. The number of hydrogen-bond donors (Lipinski definition) is 1. The number of nitrogens with zero attached hydrogens (tertiary/aromatic N) is 1. The van der Waals surface area contributed by atoms with Gasteiger partial charge in [0.2, 0.25) is 0 Å². The van der Waals surface area contributed by atoms with Crippen LogP contribution in [-0.2, 0) is 0 Å². The first-order valence-corrected chi connectivity index (χ1v) is 10.6. The summed E-state index contributed by atoms with van der Waals surface area (Å²) >= 11 is 11.7. The van der Waals surface area contributed by atoms with Crippen molar-refractivity contribution in [3.8, 4) is 17.2 Å². The third-order valence-corrected chi connectivity index (χ3v) is 5.90. The summed E-state index contributed by atoms with van der Waals surface area (Å²) in [4.78, 5) is 2.43. The minimum atomic E-state index is -0.111. The largest absolute Gasteiger partial charge is 0.495 e. The predicted octanol–water partition coefficient (Wildman–Crippen LogP) is 5.45. The van der Waals surface area contributed by atoms with Gasteiger partial charge in [0.1, 0.15) is 18.5 Å². The molecule has 0 aromatic heterocycles. The highest BCUT2D eigenvalue weighted by atomic mass is 35.5. The molecule has 0 bridgehead atoms. The van der Waals surface area contributed by atoms with E-state index in [1.54, 1.807) is 19.2 Å².